The minimum atomic E-state index is -0.995. The van der Waals surface area contributed by atoms with Gasteiger partial charge in [-0.2, -0.15) is 5.10 Å². The summed E-state index contributed by atoms with van der Waals surface area (Å²) in [7, 11) is 0. The molecule has 0 spiro atoms. The Morgan fingerprint density at radius 1 is 1.18 bits per heavy atom. The quantitative estimate of drug-likeness (QED) is 0.615. The fourth-order valence-electron chi connectivity index (χ4n) is 4.16. The van der Waals surface area contributed by atoms with Gasteiger partial charge in [-0.25, -0.2) is 4.79 Å². The van der Waals surface area contributed by atoms with Crippen LogP contribution >= 0.6 is 0 Å². The molecule has 2 aromatic carbocycles. The Morgan fingerprint density at radius 3 is 2.82 bits per heavy atom. The molecule has 6 heteroatoms. The number of nitrogens with zero attached hydrogens (tertiary/aromatic N) is 1. The van der Waals surface area contributed by atoms with E-state index in [9.17, 15) is 14.7 Å². The summed E-state index contributed by atoms with van der Waals surface area (Å²) in [6.45, 7) is 0. The molecule has 4 rings (SSSR count). The van der Waals surface area contributed by atoms with Gasteiger partial charge < -0.3 is 10.4 Å². The van der Waals surface area contributed by atoms with Crippen molar-refractivity contribution in [3.05, 3.63) is 65.4 Å². The Labute approximate surface area is 163 Å². The number of rotatable bonds is 6. The van der Waals surface area contributed by atoms with E-state index < -0.39 is 12.0 Å². The predicted molar refractivity (Wildman–Crippen MR) is 106 cm³/mol. The highest BCUT2D eigenvalue weighted by Crippen LogP contribution is 2.34. The Bertz CT molecular complexity index is 1010. The van der Waals surface area contributed by atoms with Gasteiger partial charge in [-0.05, 0) is 48.8 Å². The molecule has 2 atom stereocenters. The summed E-state index contributed by atoms with van der Waals surface area (Å²) in [5, 5.41) is 20.3. The van der Waals surface area contributed by atoms with E-state index in [2.05, 4.69) is 27.6 Å². The van der Waals surface area contributed by atoms with E-state index in [4.69, 9.17) is 0 Å². The number of amides is 1. The second-order valence-corrected chi connectivity index (χ2v) is 7.38. The number of carbonyl (C=O) groups is 2. The summed E-state index contributed by atoms with van der Waals surface area (Å²) in [6.07, 6.45) is 3.50. The van der Waals surface area contributed by atoms with Crippen LogP contribution < -0.4 is 5.32 Å². The first-order chi connectivity index (χ1) is 13.6. The third kappa shape index (κ3) is 3.76. The molecule has 0 saturated carbocycles. The molecule has 1 aliphatic rings. The van der Waals surface area contributed by atoms with Crippen LogP contribution in [0.2, 0.25) is 0 Å². The number of aromatic nitrogens is 2. The van der Waals surface area contributed by atoms with Gasteiger partial charge >= 0.3 is 5.97 Å². The summed E-state index contributed by atoms with van der Waals surface area (Å²) in [6, 6.07) is 14.8. The van der Waals surface area contributed by atoms with Crippen LogP contribution in [0, 0.1) is 0 Å². The molecule has 1 aromatic heterocycles. The minimum Gasteiger partial charge on any atom is -0.480 e. The van der Waals surface area contributed by atoms with Gasteiger partial charge in [0.15, 0.2) is 0 Å². The Balaban J connectivity index is 1.45. The van der Waals surface area contributed by atoms with E-state index in [1.165, 1.54) is 11.1 Å². The number of carbonyl (C=O) groups excluding carboxylic acids is 1. The number of carboxylic acids is 1. The fourth-order valence-corrected chi connectivity index (χ4v) is 4.16. The first-order valence-electron chi connectivity index (χ1n) is 9.64. The molecular weight excluding hydrogens is 354 g/mol. The first-order valence-corrected chi connectivity index (χ1v) is 9.64. The summed E-state index contributed by atoms with van der Waals surface area (Å²) < 4.78 is 0. The predicted octanol–water partition coefficient (Wildman–Crippen LogP) is 3.19. The van der Waals surface area contributed by atoms with Crippen LogP contribution in [-0.4, -0.2) is 33.2 Å². The number of hydrogen-bond acceptors (Lipinski definition) is 3. The summed E-state index contributed by atoms with van der Waals surface area (Å²) in [5.41, 5.74) is 3.99. The second-order valence-electron chi connectivity index (χ2n) is 7.38. The number of aromatic amines is 1. The Hall–Kier alpha value is -3.15. The SMILES string of the molecule is O=C(Cc1[nH]nc2ccccc12)NC(CC1CCCc2ccccc21)C(=O)O. The molecule has 3 N–H and O–H groups in total. The first kappa shape index (κ1) is 18.2. The van der Waals surface area contributed by atoms with E-state index in [0.29, 0.717) is 12.1 Å². The van der Waals surface area contributed by atoms with Gasteiger partial charge in [0.05, 0.1) is 17.6 Å². The summed E-state index contributed by atoms with van der Waals surface area (Å²) in [4.78, 5) is 24.3. The average molecular weight is 377 g/mol. The van der Waals surface area contributed by atoms with Gasteiger partial charge in [0.25, 0.3) is 0 Å². The van der Waals surface area contributed by atoms with Gasteiger partial charge in [-0.15, -0.1) is 0 Å². The van der Waals surface area contributed by atoms with Gasteiger partial charge in [-0.1, -0.05) is 42.5 Å². The van der Waals surface area contributed by atoms with Crippen molar-refractivity contribution in [2.45, 2.75) is 44.1 Å². The number of nitrogens with one attached hydrogen (secondary N) is 2. The van der Waals surface area contributed by atoms with Gasteiger partial charge in [-0.3, -0.25) is 9.89 Å². The maximum Gasteiger partial charge on any atom is 0.326 e. The van der Waals surface area contributed by atoms with Crippen molar-refractivity contribution < 1.29 is 14.7 Å². The molecule has 6 nitrogen and oxygen atoms in total. The van der Waals surface area contributed by atoms with Crippen molar-refractivity contribution in [3.8, 4) is 0 Å². The number of H-pyrrole nitrogens is 1. The second kappa shape index (κ2) is 7.84. The zero-order valence-electron chi connectivity index (χ0n) is 15.5. The van der Waals surface area contributed by atoms with Crippen molar-refractivity contribution >= 4 is 22.8 Å². The molecule has 1 aliphatic carbocycles. The number of benzene rings is 2. The zero-order chi connectivity index (χ0) is 19.5. The standard InChI is InChI=1S/C22H23N3O3/c26-21(13-19-17-10-3-4-11-18(17)24-25-19)23-20(22(27)28)12-15-8-5-7-14-6-1-2-9-16(14)15/h1-4,6,9-11,15,20H,5,7-8,12-13H2,(H,23,26)(H,24,25)(H,27,28). The van der Waals surface area contributed by atoms with E-state index in [-0.39, 0.29) is 18.2 Å². The van der Waals surface area contributed by atoms with E-state index in [1.807, 2.05) is 36.4 Å². The van der Waals surface area contributed by atoms with E-state index >= 15 is 0 Å². The molecule has 3 aromatic rings. The summed E-state index contributed by atoms with van der Waals surface area (Å²) in [5.74, 6) is -1.16. The third-order valence-electron chi connectivity index (χ3n) is 5.52. The number of aliphatic carboxylic acids is 1. The van der Waals surface area contributed by atoms with Crippen molar-refractivity contribution in [1.29, 1.82) is 0 Å². The Morgan fingerprint density at radius 2 is 1.96 bits per heavy atom. The van der Waals surface area contributed by atoms with Gasteiger partial charge in [0.1, 0.15) is 6.04 Å². The highest BCUT2D eigenvalue weighted by Gasteiger charge is 2.28. The number of hydrogen-bond donors (Lipinski definition) is 3. The van der Waals surface area contributed by atoms with E-state index in [1.54, 1.807) is 0 Å². The van der Waals surface area contributed by atoms with Crippen molar-refractivity contribution in [2.75, 3.05) is 0 Å². The third-order valence-corrected chi connectivity index (χ3v) is 5.52. The molecular formula is C22H23N3O3. The lowest BCUT2D eigenvalue weighted by molar-refractivity contribution is -0.142. The van der Waals surface area contributed by atoms with Crippen LogP contribution in [0.25, 0.3) is 10.9 Å². The molecule has 0 fully saturated rings. The molecule has 1 amide bonds. The lowest BCUT2D eigenvalue weighted by Gasteiger charge is -2.28. The number of fused-ring (bicyclic) bond motifs is 2. The van der Waals surface area contributed by atoms with Crippen LogP contribution in [0.5, 0.6) is 0 Å². The molecule has 0 aliphatic heterocycles. The smallest absolute Gasteiger partial charge is 0.326 e. The Kier molecular flexibility index (Phi) is 5.10. The highest BCUT2D eigenvalue weighted by atomic mass is 16.4. The van der Waals surface area contributed by atoms with Crippen LogP contribution in [0.3, 0.4) is 0 Å². The monoisotopic (exact) mass is 377 g/mol. The summed E-state index contributed by atoms with van der Waals surface area (Å²) >= 11 is 0. The molecule has 2 unspecified atom stereocenters. The topological polar surface area (TPSA) is 95.1 Å². The molecule has 28 heavy (non-hydrogen) atoms. The average Bonchev–Trinajstić information content (AvgIpc) is 3.10. The normalized spacial score (nSPS) is 17.1. The fraction of sp³-hybridized carbons (Fsp3) is 0.318. The highest BCUT2D eigenvalue weighted by molar-refractivity contribution is 5.89. The maximum absolute atomic E-state index is 12.5. The lowest BCUT2D eigenvalue weighted by Crippen LogP contribution is -2.42. The van der Waals surface area contributed by atoms with Gasteiger partial charge in [0, 0.05) is 5.39 Å². The number of aryl methyl sites for hydroxylation is 1. The van der Waals surface area contributed by atoms with E-state index in [0.717, 1.165) is 30.2 Å². The maximum atomic E-state index is 12.5. The number of carboxylic acid groups (broad SMARTS) is 1. The number of para-hydroxylation sites is 1. The molecule has 1 heterocycles. The molecule has 0 bridgehead atoms. The lowest BCUT2D eigenvalue weighted by atomic mass is 9.79. The van der Waals surface area contributed by atoms with Crippen LogP contribution in [0.4, 0.5) is 0 Å². The van der Waals surface area contributed by atoms with Crippen molar-refractivity contribution in [2.24, 2.45) is 0 Å². The van der Waals surface area contributed by atoms with Gasteiger partial charge in [0.2, 0.25) is 5.91 Å². The van der Waals surface area contributed by atoms with Crippen molar-refractivity contribution in [3.63, 3.8) is 0 Å². The zero-order valence-corrected chi connectivity index (χ0v) is 15.5. The van der Waals surface area contributed by atoms with Crippen molar-refractivity contribution in [1.82, 2.24) is 15.5 Å². The minimum absolute atomic E-state index is 0.0749. The largest absolute Gasteiger partial charge is 0.480 e. The van der Waals surface area contributed by atoms with Crippen LogP contribution in [-0.2, 0) is 22.4 Å². The van der Waals surface area contributed by atoms with Crippen LogP contribution in [0.1, 0.15) is 42.0 Å². The molecule has 144 valence electrons. The molecule has 0 radical (unpaired) electrons. The van der Waals surface area contributed by atoms with Crippen LogP contribution in [0.15, 0.2) is 48.5 Å². The molecule has 0 saturated heterocycles.